The van der Waals surface area contributed by atoms with E-state index in [4.69, 9.17) is 4.74 Å². The van der Waals surface area contributed by atoms with E-state index in [0.717, 1.165) is 5.92 Å². The van der Waals surface area contributed by atoms with Crippen LogP contribution in [0.2, 0.25) is 0 Å². The van der Waals surface area contributed by atoms with Crippen LogP contribution in [0.3, 0.4) is 0 Å². The van der Waals surface area contributed by atoms with Crippen molar-refractivity contribution in [1.82, 2.24) is 5.32 Å². The van der Waals surface area contributed by atoms with Gasteiger partial charge < -0.3 is 20.3 Å². The molecule has 0 amide bonds. The smallest absolute Gasteiger partial charge is 0.0686 e. The molecule has 4 heteroatoms. The fourth-order valence-corrected chi connectivity index (χ4v) is 4.28. The molecule has 0 aliphatic heterocycles. The molecule has 4 nitrogen and oxygen atoms in total. The number of hydrogen-bond acceptors (Lipinski definition) is 4. The van der Waals surface area contributed by atoms with Gasteiger partial charge in [-0.1, -0.05) is 20.8 Å². The Morgan fingerprint density at radius 1 is 1.32 bits per heavy atom. The van der Waals surface area contributed by atoms with Crippen LogP contribution < -0.4 is 5.32 Å². The minimum absolute atomic E-state index is 0.0626. The molecule has 0 aromatic heterocycles. The third-order valence-corrected chi connectivity index (χ3v) is 6.70. The highest BCUT2D eigenvalue weighted by Crippen LogP contribution is 2.66. The summed E-state index contributed by atoms with van der Waals surface area (Å²) in [5.74, 6) is 0.791. The number of ether oxygens (including phenoxy) is 1. The Morgan fingerprint density at radius 2 is 2.00 bits per heavy atom. The molecule has 4 atom stereocenters. The minimum atomic E-state index is -0.426. The van der Waals surface area contributed by atoms with Gasteiger partial charge in [0.15, 0.2) is 0 Å². The number of fused-ring (bicyclic) bond motifs is 2. The summed E-state index contributed by atoms with van der Waals surface area (Å²) in [5.41, 5.74) is 0.326. The average Bonchev–Trinajstić information content (AvgIpc) is 2.78. The van der Waals surface area contributed by atoms with Crippen molar-refractivity contribution in [2.45, 2.75) is 78.0 Å². The molecule has 0 aromatic rings. The van der Waals surface area contributed by atoms with E-state index in [-0.39, 0.29) is 12.1 Å². The number of aliphatic hydroxyl groups excluding tert-OH is 2. The van der Waals surface area contributed by atoms with E-state index in [9.17, 15) is 10.2 Å². The molecule has 2 aliphatic rings. The maximum absolute atomic E-state index is 10.1. The lowest BCUT2D eigenvalue weighted by Crippen LogP contribution is -2.46. The van der Waals surface area contributed by atoms with Gasteiger partial charge in [0.05, 0.1) is 18.8 Å². The molecule has 2 saturated carbocycles. The first-order valence-electron chi connectivity index (χ1n) is 8.78. The lowest BCUT2D eigenvalue weighted by atomic mass is 9.70. The molecule has 0 saturated heterocycles. The topological polar surface area (TPSA) is 61.7 Å². The molecule has 0 spiro atoms. The zero-order valence-corrected chi connectivity index (χ0v) is 15.0. The van der Waals surface area contributed by atoms with Crippen molar-refractivity contribution in [3.8, 4) is 0 Å². The maximum atomic E-state index is 10.1. The van der Waals surface area contributed by atoms with E-state index in [1.807, 2.05) is 13.8 Å². The van der Waals surface area contributed by atoms with Crippen molar-refractivity contribution in [3.05, 3.63) is 0 Å². The molecule has 22 heavy (non-hydrogen) atoms. The summed E-state index contributed by atoms with van der Waals surface area (Å²) < 4.78 is 6.17. The van der Waals surface area contributed by atoms with Gasteiger partial charge in [-0.15, -0.1) is 0 Å². The summed E-state index contributed by atoms with van der Waals surface area (Å²) in [7, 11) is 0. The van der Waals surface area contributed by atoms with Crippen molar-refractivity contribution >= 4 is 0 Å². The first kappa shape index (κ1) is 18.2. The SMILES string of the molecule is CC(C)(CO)NC[C@@H](O)CCO[C@@H]1C[C@@H]2CC[C@@]1(C)C2(C)C. The number of β-amino-alcohol motifs (C(OH)–C–C–N with tert-alkyl or cyclic N) is 1. The van der Waals surface area contributed by atoms with Crippen LogP contribution in [0, 0.1) is 16.7 Å². The maximum Gasteiger partial charge on any atom is 0.0686 e. The van der Waals surface area contributed by atoms with Gasteiger partial charge in [0.1, 0.15) is 0 Å². The second-order valence-corrected chi connectivity index (χ2v) is 8.84. The third-order valence-electron chi connectivity index (χ3n) is 6.70. The first-order valence-corrected chi connectivity index (χ1v) is 8.78. The molecule has 0 unspecified atom stereocenters. The summed E-state index contributed by atoms with van der Waals surface area (Å²) in [6.07, 6.45) is 4.35. The number of hydrogen-bond donors (Lipinski definition) is 3. The Balaban J connectivity index is 1.72. The van der Waals surface area contributed by atoms with Crippen LogP contribution in [0.5, 0.6) is 0 Å². The highest BCUT2D eigenvalue weighted by Gasteiger charge is 2.61. The Bertz CT molecular complexity index is 383. The molecule has 0 radical (unpaired) electrons. The van der Waals surface area contributed by atoms with Crippen LogP contribution >= 0.6 is 0 Å². The van der Waals surface area contributed by atoms with Gasteiger partial charge in [-0.2, -0.15) is 0 Å². The van der Waals surface area contributed by atoms with Crippen molar-refractivity contribution in [3.63, 3.8) is 0 Å². The first-order chi connectivity index (χ1) is 10.1. The van der Waals surface area contributed by atoms with Gasteiger partial charge in [0.2, 0.25) is 0 Å². The summed E-state index contributed by atoms with van der Waals surface area (Å²) in [4.78, 5) is 0. The Morgan fingerprint density at radius 3 is 2.50 bits per heavy atom. The van der Waals surface area contributed by atoms with E-state index in [1.54, 1.807) is 0 Å². The third kappa shape index (κ3) is 3.35. The van der Waals surface area contributed by atoms with Crippen molar-refractivity contribution in [1.29, 1.82) is 0 Å². The van der Waals surface area contributed by atoms with E-state index >= 15 is 0 Å². The van der Waals surface area contributed by atoms with E-state index in [0.29, 0.717) is 36.5 Å². The number of aliphatic hydroxyl groups is 2. The monoisotopic (exact) mass is 313 g/mol. The van der Waals surface area contributed by atoms with Gasteiger partial charge >= 0.3 is 0 Å². The van der Waals surface area contributed by atoms with Crippen LogP contribution in [0.15, 0.2) is 0 Å². The van der Waals surface area contributed by atoms with Crippen LogP contribution in [0.4, 0.5) is 0 Å². The normalized spacial score (nSPS) is 35.0. The molecule has 3 N–H and O–H groups in total. The molecule has 2 aliphatic carbocycles. The largest absolute Gasteiger partial charge is 0.394 e. The standard InChI is InChI=1S/C18H35NO3/c1-16(2,12-20)19-11-14(21)7-9-22-15-10-13-6-8-18(15,5)17(13,3)4/h13-15,19-21H,6-12H2,1-5H3/t13-,14-,15+,18+/m0/s1. The van der Waals surface area contributed by atoms with Crippen LogP contribution in [-0.4, -0.2) is 47.7 Å². The van der Waals surface area contributed by atoms with Crippen molar-refractivity contribution < 1.29 is 14.9 Å². The fraction of sp³-hybridized carbons (Fsp3) is 1.00. The lowest BCUT2D eigenvalue weighted by molar-refractivity contribution is -0.0549. The quantitative estimate of drug-likeness (QED) is 0.643. The molecule has 130 valence electrons. The molecule has 0 aromatic carbocycles. The molecular weight excluding hydrogens is 278 g/mol. The fourth-order valence-electron chi connectivity index (χ4n) is 4.28. The number of rotatable bonds is 8. The highest BCUT2D eigenvalue weighted by atomic mass is 16.5. The molecular formula is C18H35NO3. The molecule has 2 bridgehead atoms. The Hall–Kier alpha value is -0.160. The van der Waals surface area contributed by atoms with Crippen LogP contribution in [0.25, 0.3) is 0 Å². The number of nitrogens with one attached hydrogen (secondary N) is 1. The molecule has 2 rings (SSSR count). The van der Waals surface area contributed by atoms with E-state index in [1.165, 1.54) is 19.3 Å². The van der Waals surface area contributed by atoms with Crippen molar-refractivity contribution in [2.24, 2.45) is 16.7 Å². The van der Waals surface area contributed by atoms with Gasteiger partial charge in [0, 0.05) is 18.7 Å². The second-order valence-electron chi connectivity index (χ2n) is 8.84. The minimum Gasteiger partial charge on any atom is -0.394 e. The summed E-state index contributed by atoms with van der Waals surface area (Å²) in [6.45, 7) is 12.2. The van der Waals surface area contributed by atoms with Gasteiger partial charge in [-0.3, -0.25) is 0 Å². The zero-order chi connectivity index (χ0) is 16.6. The summed E-state index contributed by atoms with van der Waals surface area (Å²) >= 11 is 0. The van der Waals surface area contributed by atoms with Crippen LogP contribution in [0.1, 0.15) is 60.3 Å². The highest BCUT2D eigenvalue weighted by molar-refractivity contribution is 5.11. The van der Waals surface area contributed by atoms with Gasteiger partial charge in [0.25, 0.3) is 0 Å². The predicted molar refractivity (Wildman–Crippen MR) is 88.8 cm³/mol. The van der Waals surface area contributed by atoms with Gasteiger partial charge in [-0.25, -0.2) is 0 Å². The second kappa shape index (κ2) is 6.39. The summed E-state index contributed by atoms with van der Waals surface area (Å²) in [5, 5.41) is 22.4. The van der Waals surface area contributed by atoms with Gasteiger partial charge in [-0.05, 0) is 56.3 Å². The Labute approximate surface area is 135 Å². The molecule has 0 heterocycles. The average molecular weight is 313 g/mol. The van der Waals surface area contributed by atoms with E-state index in [2.05, 4.69) is 26.1 Å². The predicted octanol–water partition coefficient (Wildman–Crippen LogP) is 2.33. The molecule has 2 fully saturated rings. The Kier molecular flexibility index (Phi) is 5.28. The lowest BCUT2D eigenvalue weighted by Gasteiger charge is -2.39. The van der Waals surface area contributed by atoms with Crippen LogP contribution in [-0.2, 0) is 4.74 Å². The summed E-state index contributed by atoms with van der Waals surface area (Å²) in [6, 6.07) is 0. The zero-order valence-electron chi connectivity index (χ0n) is 15.0. The van der Waals surface area contributed by atoms with E-state index < -0.39 is 6.10 Å². The van der Waals surface area contributed by atoms with Crippen molar-refractivity contribution in [2.75, 3.05) is 19.8 Å².